The lowest BCUT2D eigenvalue weighted by Crippen LogP contribution is -2.31. The van der Waals surface area contributed by atoms with Gasteiger partial charge in [0.15, 0.2) is 0 Å². The fourth-order valence-electron chi connectivity index (χ4n) is 3.72. The highest BCUT2D eigenvalue weighted by Gasteiger charge is 2.28. The molecule has 1 aromatic heterocycles. The number of rotatable bonds is 10. The molecule has 1 aliphatic heterocycles. The first-order valence-electron chi connectivity index (χ1n) is 11.2. The summed E-state index contributed by atoms with van der Waals surface area (Å²) in [5, 5.41) is 2.89. The fraction of sp³-hybridized carbons (Fsp3) is 0.520. The van der Waals surface area contributed by atoms with Crippen LogP contribution in [0.5, 0.6) is 17.4 Å². The lowest BCUT2D eigenvalue weighted by molar-refractivity contribution is -0.119. The number of nitrogens with one attached hydrogen (secondary N) is 1. The van der Waals surface area contributed by atoms with Crippen LogP contribution in [0.25, 0.3) is 0 Å². The molecule has 0 aliphatic carbocycles. The number of pyridine rings is 1. The van der Waals surface area contributed by atoms with Crippen molar-refractivity contribution < 1.29 is 23.7 Å². The van der Waals surface area contributed by atoms with E-state index in [1.807, 2.05) is 51.1 Å². The van der Waals surface area contributed by atoms with Crippen molar-refractivity contribution in [3.05, 3.63) is 42.1 Å². The van der Waals surface area contributed by atoms with Gasteiger partial charge in [0.1, 0.15) is 18.5 Å². The Kier molecular flexibility index (Phi) is 8.02. The summed E-state index contributed by atoms with van der Waals surface area (Å²) in [4.78, 5) is 17.9. The van der Waals surface area contributed by atoms with E-state index in [0.717, 1.165) is 36.5 Å². The predicted molar refractivity (Wildman–Crippen MR) is 127 cm³/mol. The van der Waals surface area contributed by atoms with Gasteiger partial charge in [0.2, 0.25) is 11.7 Å². The zero-order chi connectivity index (χ0) is 24.0. The van der Waals surface area contributed by atoms with Gasteiger partial charge in [-0.3, -0.25) is 4.79 Å². The second-order valence-electron chi connectivity index (χ2n) is 8.89. The van der Waals surface area contributed by atoms with Crippen molar-refractivity contribution in [2.45, 2.75) is 51.9 Å². The van der Waals surface area contributed by atoms with Gasteiger partial charge in [-0.15, -0.1) is 0 Å². The van der Waals surface area contributed by atoms with E-state index in [1.165, 1.54) is 6.92 Å². The Morgan fingerprint density at radius 3 is 2.61 bits per heavy atom. The van der Waals surface area contributed by atoms with Gasteiger partial charge in [-0.25, -0.2) is 4.98 Å². The van der Waals surface area contributed by atoms with E-state index in [2.05, 4.69) is 15.2 Å². The summed E-state index contributed by atoms with van der Waals surface area (Å²) in [7, 11) is 3.29. The third kappa shape index (κ3) is 6.51. The van der Waals surface area contributed by atoms with Crippen LogP contribution in [0.15, 0.2) is 36.5 Å². The maximum absolute atomic E-state index is 11.3. The number of hydrogen-bond donors (Lipinski definition) is 1. The molecule has 0 bridgehead atoms. The second-order valence-corrected chi connectivity index (χ2v) is 8.89. The molecule has 1 saturated heterocycles. The molecule has 2 atom stereocenters. The van der Waals surface area contributed by atoms with E-state index in [4.69, 9.17) is 18.9 Å². The van der Waals surface area contributed by atoms with E-state index in [0.29, 0.717) is 18.2 Å². The molecule has 1 aromatic carbocycles. The van der Waals surface area contributed by atoms with Crippen LogP contribution in [-0.4, -0.2) is 56.5 Å². The predicted octanol–water partition coefficient (Wildman–Crippen LogP) is 3.75. The Morgan fingerprint density at radius 2 is 1.97 bits per heavy atom. The van der Waals surface area contributed by atoms with Crippen LogP contribution < -0.4 is 24.4 Å². The standard InChI is InChI=1S/C25H35N3O5/c1-17(27-18(2)29)19-7-9-20(10-8-19)33-21-12-14-28(15-21)22-11-13-26-24(23(22)30-5)32-16-25(3,4)31-6/h7-11,13,17,21H,12,14-16H2,1-6H3,(H,27,29)/t17-,21+/m0/s1. The van der Waals surface area contributed by atoms with Crippen LogP contribution in [-0.2, 0) is 9.53 Å². The van der Waals surface area contributed by atoms with Gasteiger partial charge in [-0.1, -0.05) is 12.1 Å². The SMILES string of the molecule is COc1c(N2CC[C@@H](Oc3ccc([C@H](C)NC(C)=O)cc3)C2)ccnc1OCC(C)(C)OC. The first-order chi connectivity index (χ1) is 15.7. The Labute approximate surface area is 196 Å². The number of amides is 1. The highest BCUT2D eigenvalue weighted by molar-refractivity contribution is 5.73. The molecule has 0 unspecified atom stereocenters. The van der Waals surface area contributed by atoms with Crippen molar-refractivity contribution in [1.29, 1.82) is 0 Å². The number of methoxy groups -OCH3 is 2. The van der Waals surface area contributed by atoms with Crippen molar-refractivity contribution >= 4 is 11.6 Å². The number of carbonyl (C=O) groups is 1. The summed E-state index contributed by atoms with van der Waals surface area (Å²) in [6, 6.07) is 9.77. The summed E-state index contributed by atoms with van der Waals surface area (Å²) >= 11 is 0. The van der Waals surface area contributed by atoms with Crippen LogP contribution in [0.4, 0.5) is 5.69 Å². The lowest BCUT2D eigenvalue weighted by atomic mass is 10.1. The highest BCUT2D eigenvalue weighted by Crippen LogP contribution is 2.38. The lowest BCUT2D eigenvalue weighted by Gasteiger charge is -2.25. The molecule has 1 amide bonds. The minimum absolute atomic E-state index is 0.0384. The summed E-state index contributed by atoms with van der Waals surface area (Å²) < 4.78 is 23.2. The summed E-state index contributed by atoms with van der Waals surface area (Å²) in [6.45, 7) is 9.32. The molecule has 33 heavy (non-hydrogen) atoms. The van der Waals surface area contributed by atoms with E-state index in [1.54, 1.807) is 20.4 Å². The third-order valence-electron chi connectivity index (χ3n) is 5.75. The molecule has 8 nitrogen and oxygen atoms in total. The fourth-order valence-corrected chi connectivity index (χ4v) is 3.72. The topological polar surface area (TPSA) is 82.2 Å². The summed E-state index contributed by atoms with van der Waals surface area (Å²) in [5.41, 5.74) is 1.55. The number of aromatic nitrogens is 1. The number of benzene rings is 1. The quantitative estimate of drug-likeness (QED) is 0.582. The number of carbonyl (C=O) groups excluding carboxylic acids is 1. The Morgan fingerprint density at radius 1 is 1.24 bits per heavy atom. The highest BCUT2D eigenvalue weighted by atomic mass is 16.6. The van der Waals surface area contributed by atoms with Crippen LogP contribution in [0, 0.1) is 0 Å². The zero-order valence-corrected chi connectivity index (χ0v) is 20.4. The van der Waals surface area contributed by atoms with Crippen molar-refractivity contribution in [3.8, 4) is 17.4 Å². The molecule has 0 radical (unpaired) electrons. The van der Waals surface area contributed by atoms with Gasteiger partial charge in [0.25, 0.3) is 5.88 Å². The summed E-state index contributed by atoms with van der Waals surface area (Å²) in [6.07, 6.45) is 2.68. The third-order valence-corrected chi connectivity index (χ3v) is 5.75. The Bertz CT molecular complexity index is 932. The molecular formula is C25H35N3O5. The number of ether oxygens (including phenoxy) is 4. The van der Waals surface area contributed by atoms with Gasteiger partial charge >= 0.3 is 0 Å². The molecule has 180 valence electrons. The molecular weight excluding hydrogens is 422 g/mol. The number of anilines is 1. The molecule has 1 fully saturated rings. The molecule has 2 heterocycles. The normalized spacial score (nSPS) is 16.9. The molecule has 3 rings (SSSR count). The van der Waals surface area contributed by atoms with E-state index in [9.17, 15) is 4.79 Å². The average Bonchev–Trinajstić information content (AvgIpc) is 3.25. The van der Waals surface area contributed by atoms with Crippen molar-refractivity contribution in [2.24, 2.45) is 0 Å². The number of nitrogens with zero attached hydrogens (tertiary/aromatic N) is 2. The van der Waals surface area contributed by atoms with E-state index < -0.39 is 5.60 Å². The largest absolute Gasteiger partial charge is 0.490 e. The van der Waals surface area contributed by atoms with Crippen molar-refractivity contribution in [1.82, 2.24) is 10.3 Å². The van der Waals surface area contributed by atoms with Gasteiger partial charge in [0.05, 0.1) is 31.0 Å². The monoisotopic (exact) mass is 457 g/mol. The van der Waals surface area contributed by atoms with E-state index >= 15 is 0 Å². The molecule has 2 aromatic rings. The van der Waals surface area contributed by atoms with Crippen LogP contribution >= 0.6 is 0 Å². The maximum Gasteiger partial charge on any atom is 0.259 e. The van der Waals surface area contributed by atoms with Crippen LogP contribution in [0.3, 0.4) is 0 Å². The number of hydrogen-bond acceptors (Lipinski definition) is 7. The van der Waals surface area contributed by atoms with Gasteiger partial charge in [0, 0.05) is 33.2 Å². The average molecular weight is 458 g/mol. The Hall–Kier alpha value is -3.00. The molecule has 1 aliphatic rings. The van der Waals surface area contributed by atoms with Crippen LogP contribution in [0.2, 0.25) is 0 Å². The minimum atomic E-state index is -0.426. The van der Waals surface area contributed by atoms with Gasteiger partial charge in [-0.2, -0.15) is 0 Å². The maximum atomic E-state index is 11.3. The zero-order valence-electron chi connectivity index (χ0n) is 20.4. The van der Waals surface area contributed by atoms with E-state index in [-0.39, 0.29) is 18.1 Å². The van der Waals surface area contributed by atoms with Gasteiger partial charge in [-0.05, 0) is 44.5 Å². The molecule has 0 saturated carbocycles. The van der Waals surface area contributed by atoms with Crippen molar-refractivity contribution in [3.63, 3.8) is 0 Å². The summed E-state index contributed by atoms with van der Waals surface area (Å²) in [5.74, 6) is 1.83. The van der Waals surface area contributed by atoms with Crippen LogP contribution in [0.1, 0.15) is 45.7 Å². The Balaban J connectivity index is 1.63. The molecule has 1 N–H and O–H groups in total. The first kappa shape index (κ1) is 24.6. The first-order valence-corrected chi connectivity index (χ1v) is 11.2. The van der Waals surface area contributed by atoms with Crippen molar-refractivity contribution in [2.75, 3.05) is 38.8 Å². The second kappa shape index (κ2) is 10.7. The van der Waals surface area contributed by atoms with Gasteiger partial charge < -0.3 is 29.2 Å². The molecule has 0 spiro atoms. The molecule has 8 heteroatoms. The minimum Gasteiger partial charge on any atom is -0.490 e. The smallest absolute Gasteiger partial charge is 0.259 e.